The summed E-state index contributed by atoms with van der Waals surface area (Å²) in [5, 5.41) is 3.46. The van der Waals surface area contributed by atoms with Gasteiger partial charge in [-0.2, -0.15) is 11.8 Å². The molecule has 0 spiro atoms. The molecule has 0 heterocycles. The summed E-state index contributed by atoms with van der Waals surface area (Å²) in [7, 11) is 0. The Morgan fingerprint density at radius 1 is 1.07 bits per heavy atom. The lowest BCUT2D eigenvalue weighted by atomic mass is 10.2. The Balaban J connectivity index is 2.81. The summed E-state index contributed by atoms with van der Waals surface area (Å²) in [5.74, 6) is 1.33. The van der Waals surface area contributed by atoms with Crippen molar-refractivity contribution in [1.29, 1.82) is 0 Å². The Bertz CT molecular complexity index is 115. The van der Waals surface area contributed by atoms with E-state index in [1.54, 1.807) is 0 Å². The molecular weight excluding hydrogens is 190 g/mol. The lowest BCUT2D eigenvalue weighted by molar-refractivity contribution is 0.589. The van der Waals surface area contributed by atoms with E-state index in [2.05, 4.69) is 18.2 Å². The third-order valence-corrected chi connectivity index (χ3v) is 2.91. The SMILES string of the molecule is C=CCCCNCCCCCCSC. The Morgan fingerprint density at radius 2 is 1.79 bits per heavy atom. The van der Waals surface area contributed by atoms with Crippen molar-refractivity contribution in [3.05, 3.63) is 12.7 Å². The maximum absolute atomic E-state index is 3.71. The van der Waals surface area contributed by atoms with Gasteiger partial charge in [-0.05, 0) is 50.8 Å². The molecule has 0 aliphatic rings. The molecule has 1 N–H and O–H groups in total. The van der Waals surface area contributed by atoms with Crippen LogP contribution in [0.15, 0.2) is 12.7 Å². The quantitative estimate of drug-likeness (QED) is 0.418. The molecule has 0 saturated heterocycles. The smallest absolute Gasteiger partial charge is 0.00460 e. The Kier molecular flexibility index (Phi) is 13.1. The van der Waals surface area contributed by atoms with E-state index in [1.807, 2.05) is 17.8 Å². The van der Waals surface area contributed by atoms with E-state index in [0.717, 1.165) is 13.0 Å². The number of nitrogens with one attached hydrogen (secondary N) is 1. The van der Waals surface area contributed by atoms with Crippen molar-refractivity contribution in [2.75, 3.05) is 25.1 Å². The lowest BCUT2D eigenvalue weighted by Gasteiger charge is -2.03. The highest BCUT2D eigenvalue weighted by atomic mass is 32.2. The van der Waals surface area contributed by atoms with Crippen molar-refractivity contribution in [3.8, 4) is 0 Å². The molecule has 0 saturated carbocycles. The molecular formula is C12H25NS. The zero-order chi connectivity index (χ0) is 10.5. The minimum Gasteiger partial charge on any atom is -0.317 e. The highest BCUT2D eigenvalue weighted by molar-refractivity contribution is 7.98. The molecule has 0 aromatic carbocycles. The molecule has 0 fully saturated rings. The van der Waals surface area contributed by atoms with Crippen LogP contribution in [-0.4, -0.2) is 25.1 Å². The third-order valence-electron chi connectivity index (χ3n) is 2.21. The second-order valence-electron chi connectivity index (χ2n) is 3.59. The van der Waals surface area contributed by atoms with Crippen LogP contribution in [0.2, 0.25) is 0 Å². The Hall–Kier alpha value is 0.0500. The summed E-state index contributed by atoms with van der Waals surface area (Å²) < 4.78 is 0. The molecule has 0 bridgehead atoms. The van der Waals surface area contributed by atoms with Gasteiger partial charge in [0.05, 0.1) is 0 Å². The van der Waals surface area contributed by atoms with Gasteiger partial charge in [-0.15, -0.1) is 6.58 Å². The number of rotatable bonds is 11. The van der Waals surface area contributed by atoms with Crippen molar-refractivity contribution in [2.24, 2.45) is 0 Å². The van der Waals surface area contributed by atoms with Crippen molar-refractivity contribution in [1.82, 2.24) is 5.32 Å². The molecule has 0 amide bonds. The fourth-order valence-corrected chi connectivity index (χ4v) is 1.84. The molecule has 84 valence electrons. The van der Waals surface area contributed by atoms with E-state index < -0.39 is 0 Å². The van der Waals surface area contributed by atoms with Gasteiger partial charge in [0, 0.05) is 0 Å². The number of unbranched alkanes of at least 4 members (excludes halogenated alkanes) is 4. The molecule has 14 heavy (non-hydrogen) atoms. The maximum atomic E-state index is 3.71. The highest BCUT2D eigenvalue weighted by Crippen LogP contribution is 2.03. The summed E-state index contributed by atoms with van der Waals surface area (Å²) >= 11 is 1.95. The fraction of sp³-hybridized carbons (Fsp3) is 0.833. The van der Waals surface area contributed by atoms with Gasteiger partial charge >= 0.3 is 0 Å². The summed E-state index contributed by atoms with van der Waals surface area (Å²) in [6, 6.07) is 0. The largest absolute Gasteiger partial charge is 0.317 e. The second kappa shape index (κ2) is 13.1. The molecule has 0 aliphatic carbocycles. The molecule has 0 rings (SSSR count). The van der Waals surface area contributed by atoms with Gasteiger partial charge in [-0.25, -0.2) is 0 Å². The van der Waals surface area contributed by atoms with Crippen LogP contribution in [0.5, 0.6) is 0 Å². The summed E-state index contributed by atoms with van der Waals surface area (Å²) in [6.07, 6.45) is 12.0. The Labute approximate surface area is 93.7 Å². The number of thioether (sulfide) groups is 1. The van der Waals surface area contributed by atoms with Gasteiger partial charge < -0.3 is 5.32 Å². The van der Waals surface area contributed by atoms with Crippen molar-refractivity contribution < 1.29 is 0 Å². The predicted molar refractivity (Wildman–Crippen MR) is 69.2 cm³/mol. The van der Waals surface area contributed by atoms with Crippen molar-refractivity contribution in [2.45, 2.75) is 38.5 Å². The monoisotopic (exact) mass is 215 g/mol. The summed E-state index contributed by atoms with van der Waals surface area (Å²) in [6.45, 7) is 6.05. The minimum absolute atomic E-state index is 1.14. The van der Waals surface area contributed by atoms with Crippen molar-refractivity contribution >= 4 is 11.8 Å². The van der Waals surface area contributed by atoms with Crippen LogP contribution in [0.25, 0.3) is 0 Å². The van der Waals surface area contributed by atoms with Crippen LogP contribution in [0.4, 0.5) is 0 Å². The molecule has 0 unspecified atom stereocenters. The molecule has 1 nitrogen and oxygen atoms in total. The minimum atomic E-state index is 1.14. The summed E-state index contributed by atoms with van der Waals surface area (Å²) in [5.41, 5.74) is 0. The average molecular weight is 215 g/mol. The van der Waals surface area contributed by atoms with Crippen LogP contribution in [0.3, 0.4) is 0 Å². The van der Waals surface area contributed by atoms with Gasteiger partial charge in [0.25, 0.3) is 0 Å². The van der Waals surface area contributed by atoms with Gasteiger partial charge in [0.1, 0.15) is 0 Å². The molecule has 2 heteroatoms. The third kappa shape index (κ3) is 12.0. The van der Waals surface area contributed by atoms with Crippen LogP contribution in [-0.2, 0) is 0 Å². The lowest BCUT2D eigenvalue weighted by Crippen LogP contribution is -2.16. The fourth-order valence-electron chi connectivity index (χ4n) is 1.35. The zero-order valence-corrected chi connectivity index (χ0v) is 10.4. The van der Waals surface area contributed by atoms with E-state index in [4.69, 9.17) is 0 Å². The van der Waals surface area contributed by atoms with Crippen molar-refractivity contribution in [3.63, 3.8) is 0 Å². The first-order chi connectivity index (χ1) is 6.91. The molecule has 0 aromatic heterocycles. The predicted octanol–water partition coefficient (Wildman–Crippen LogP) is 3.47. The number of hydrogen-bond donors (Lipinski definition) is 1. The van der Waals surface area contributed by atoms with E-state index in [9.17, 15) is 0 Å². The zero-order valence-electron chi connectivity index (χ0n) is 9.56. The van der Waals surface area contributed by atoms with Crippen LogP contribution in [0.1, 0.15) is 38.5 Å². The van der Waals surface area contributed by atoms with E-state index in [0.29, 0.717) is 0 Å². The molecule has 0 aliphatic heterocycles. The summed E-state index contributed by atoms with van der Waals surface area (Å²) in [4.78, 5) is 0. The number of hydrogen-bond acceptors (Lipinski definition) is 2. The highest BCUT2D eigenvalue weighted by Gasteiger charge is 1.90. The maximum Gasteiger partial charge on any atom is -0.00460 e. The van der Waals surface area contributed by atoms with Crippen LogP contribution in [0, 0.1) is 0 Å². The van der Waals surface area contributed by atoms with E-state index in [-0.39, 0.29) is 0 Å². The molecule has 0 atom stereocenters. The van der Waals surface area contributed by atoms with Gasteiger partial charge in [-0.3, -0.25) is 0 Å². The van der Waals surface area contributed by atoms with E-state index >= 15 is 0 Å². The van der Waals surface area contributed by atoms with E-state index in [1.165, 1.54) is 44.4 Å². The van der Waals surface area contributed by atoms with Gasteiger partial charge in [-0.1, -0.05) is 18.9 Å². The second-order valence-corrected chi connectivity index (χ2v) is 4.57. The van der Waals surface area contributed by atoms with Gasteiger partial charge in [0.15, 0.2) is 0 Å². The topological polar surface area (TPSA) is 12.0 Å². The average Bonchev–Trinajstić information content (AvgIpc) is 2.21. The van der Waals surface area contributed by atoms with Crippen LogP contribution >= 0.6 is 11.8 Å². The molecule has 0 radical (unpaired) electrons. The number of allylic oxidation sites excluding steroid dienone is 1. The van der Waals surface area contributed by atoms with Crippen LogP contribution < -0.4 is 5.32 Å². The first kappa shape index (κ1) is 14.1. The first-order valence-electron chi connectivity index (χ1n) is 5.72. The Morgan fingerprint density at radius 3 is 2.50 bits per heavy atom. The molecule has 0 aromatic rings. The first-order valence-corrected chi connectivity index (χ1v) is 7.11. The van der Waals surface area contributed by atoms with Gasteiger partial charge in [0.2, 0.25) is 0 Å². The normalized spacial score (nSPS) is 10.4. The standard InChI is InChI=1S/C12H25NS/c1-3-4-7-10-13-11-8-5-6-9-12-14-2/h3,13H,1,4-12H2,2H3.